The van der Waals surface area contributed by atoms with E-state index in [0.29, 0.717) is 51.0 Å². The number of aromatic carboxylic acids is 1. The Labute approximate surface area is 151 Å². The van der Waals surface area contributed by atoms with Crippen molar-refractivity contribution in [3.63, 3.8) is 0 Å². The second-order valence-electron chi connectivity index (χ2n) is 5.59. The molecule has 24 heavy (non-hydrogen) atoms. The van der Waals surface area contributed by atoms with Crippen molar-refractivity contribution in [2.75, 3.05) is 51.4 Å². The Kier molecular flexibility index (Phi) is 6.10. The third-order valence-corrected chi connectivity index (χ3v) is 4.18. The summed E-state index contributed by atoms with van der Waals surface area (Å²) >= 11 is 0. The molecule has 2 fully saturated rings. The van der Waals surface area contributed by atoms with Gasteiger partial charge in [0.25, 0.3) is 0 Å². The van der Waals surface area contributed by atoms with Crippen molar-refractivity contribution in [3.05, 3.63) is 17.8 Å². The average Bonchev–Trinajstić information content (AvgIpc) is 2.52. The van der Waals surface area contributed by atoms with Crippen molar-refractivity contribution in [2.24, 2.45) is 5.92 Å². The van der Waals surface area contributed by atoms with Crippen molar-refractivity contribution < 1.29 is 43.0 Å². The third kappa shape index (κ3) is 3.66. The predicted octanol–water partition coefficient (Wildman–Crippen LogP) is -4.25. The monoisotopic (exact) mass is 327 g/mol. The quantitative estimate of drug-likeness (QED) is 0.517. The van der Waals surface area contributed by atoms with Crippen LogP contribution in [0.15, 0.2) is 12.3 Å². The molecule has 2 aliphatic heterocycles. The van der Waals surface area contributed by atoms with Crippen LogP contribution in [0.3, 0.4) is 0 Å². The van der Waals surface area contributed by atoms with Crippen molar-refractivity contribution >= 4 is 17.6 Å². The smallest absolute Gasteiger partial charge is 0.545 e. The molecule has 8 nitrogen and oxygen atoms in total. The molecular weight excluding hydrogens is 309 g/mol. The summed E-state index contributed by atoms with van der Waals surface area (Å²) in [6.45, 7) is 3.35. The van der Waals surface area contributed by atoms with Crippen LogP contribution in [0.1, 0.15) is 10.4 Å². The van der Waals surface area contributed by atoms with Gasteiger partial charge in [0.1, 0.15) is 5.69 Å². The molecule has 0 aromatic carbocycles. The first kappa shape index (κ1) is 18.6. The minimum atomic E-state index is -1.28. The van der Waals surface area contributed by atoms with E-state index in [1.807, 2.05) is 9.80 Å². The summed E-state index contributed by atoms with van der Waals surface area (Å²) in [7, 11) is 1.49. The number of rotatable bonds is 4. The predicted molar refractivity (Wildman–Crippen MR) is 78.2 cm³/mol. The third-order valence-electron chi connectivity index (χ3n) is 4.18. The van der Waals surface area contributed by atoms with Crippen molar-refractivity contribution in [2.45, 2.75) is 0 Å². The molecule has 1 aromatic heterocycles. The van der Waals surface area contributed by atoms with Gasteiger partial charge in [0.2, 0.25) is 11.8 Å². The SMILES string of the molecule is COc1ncc(C(=O)[O-])cc1N1CCN(C(=O)C2COC2)CC1.[Li+]. The van der Waals surface area contributed by atoms with Crippen LogP contribution in [-0.2, 0) is 9.53 Å². The fraction of sp³-hybridized carbons (Fsp3) is 0.533. The number of piperazine rings is 1. The molecule has 0 saturated carbocycles. The topological polar surface area (TPSA) is 95.0 Å². The zero-order chi connectivity index (χ0) is 16.4. The van der Waals surface area contributed by atoms with Crippen molar-refractivity contribution in [1.82, 2.24) is 9.88 Å². The van der Waals surface area contributed by atoms with Crippen LogP contribution < -0.4 is 33.6 Å². The number of carboxylic acid groups (broad SMARTS) is 1. The first-order valence-electron chi connectivity index (χ1n) is 7.47. The summed E-state index contributed by atoms with van der Waals surface area (Å²) in [5.74, 6) is -0.800. The van der Waals surface area contributed by atoms with Gasteiger partial charge in [-0.05, 0) is 6.07 Å². The van der Waals surface area contributed by atoms with E-state index in [1.54, 1.807) is 0 Å². The van der Waals surface area contributed by atoms with Crippen molar-refractivity contribution in [3.8, 4) is 5.88 Å². The molecule has 1 aromatic rings. The Morgan fingerprint density at radius 3 is 2.46 bits per heavy atom. The number of carbonyl (C=O) groups excluding carboxylic acids is 2. The number of anilines is 1. The van der Waals surface area contributed by atoms with Crippen LogP contribution in [-0.4, -0.2) is 68.3 Å². The van der Waals surface area contributed by atoms with E-state index in [1.165, 1.54) is 19.4 Å². The molecule has 3 heterocycles. The Morgan fingerprint density at radius 2 is 1.96 bits per heavy atom. The maximum atomic E-state index is 12.2. The van der Waals surface area contributed by atoms with E-state index in [4.69, 9.17) is 9.47 Å². The van der Waals surface area contributed by atoms with Gasteiger partial charge >= 0.3 is 18.9 Å². The van der Waals surface area contributed by atoms with Crippen LogP contribution >= 0.6 is 0 Å². The summed E-state index contributed by atoms with van der Waals surface area (Å²) < 4.78 is 10.3. The molecule has 0 unspecified atom stereocenters. The number of hydrogen-bond donors (Lipinski definition) is 0. The molecule has 124 valence electrons. The molecule has 9 heteroatoms. The number of carbonyl (C=O) groups is 2. The van der Waals surface area contributed by atoms with Gasteiger partial charge in [-0.3, -0.25) is 4.79 Å². The minimum Gasteiger partial charge on any atom is -0.545 e. The summed E-state index contributed by atoms with van der Waals surface area (Å²) in [5, 5.41) is 11.0. The molecule has 1 amide bonds. The molecule has 2 aliphatic rings. The van der Waals surface area contributed by atoms with E-state index in [2.05, 4.69) is 4.98 Å². The van der Waals surface area contributed by atoms with Crippen LogP contribution in [0.5, 0.6) is 5.88 Å². The normalized spacial score (nSPS) is 17.7. The Balaban J connectivity index is 0.00000208. The van der Waals surface area contributed by atoms with Crippen LogP contribution in [0.25, 0.3) is 0 Å². The Morgan fingerprint density at radius 1 is 1.29 bits per heavy atom. The maximum Gasteiger partial charge on any atom is 1.00 e. The largest absolute Gasteiger partial charge is 1.00 e. The number of carboxylic acids is 1. The molecule has 0 spiro atoms. The molecule has 0 radical (unpaired) electrons. The average molecular weight is 327 g/mol. The number of hydrogen-bond acceptors (Lipinski definition) is 7. The maximum absolute atomic E-state index is 12.2. The second-order valence-corrected chi connectivity index (χ2v) is 5.59. The van der Waals surface area contributed by atoms with Gasteiger partial charge in [-0.15, -0.1) is 0 Å². The van der Waals surface area contributed by atoms with Gasteiger partial charge in [0.05, 0.1) is 32.2 Å². The van der Waals surface area contributed by atoms with Gasteiger partial charge in [-0.1, -0.05) is 0 Å². The van der Waals surface area contributed by atoms with E-state index in [-0.39, 0.29) is 36.2 Å². The number of methoxy groups -OCH3 is 1. The summed E-state index contributed by atoms with van der Waals surface area (Å²) in [5.41, 5.74) is 0.610. The van der Waals surface area contributed by atoms with Crippen LogP contribution in [0, 0.1) is 5.92 Å². The van der Waals surface area contributed by atoms with Gasteiger partial charge in [0.15, 0.2) is 0 Å². The molecule has 0 N–H and O–H groups in total. The van der Waals surface area contributed by atoms with Gasteiger partial charge in [-0.2, -0.15) is 0 Å². The number of amides is 1. The van der Waals surface area contributed by atoms with Gasteiger partial charge < -0.3 is 29.2 Å². The number of nitrogens with zero attached hydrogens (tertiary/aromatic N) is 3. The van der Waals surface area contributed by atoms with Crippen LogP contribution in [0.4, 0.5) is 5.69 Å². The number of pyridine rings is 1. The molecule has 0 aliphatic carbocycles. The Bertz CT molecular complexity index is 615. The zero-order valence-corrected chi connectivity index (χ0v) is 13.9. The number of aromatic nitrogens is 1. The summed E-state index contributed by atoms with van der Waals surface area (Å²) in [6.07, 6.45) is 1.22. The zero-order valence-electron chi connectivity index (χ0n) is 13.9. The minimum absolute atomic E-state index is 0. The van der Waals surface area contributed by atoms with Gasteiger partial charge in [-0.25, -0.2) is 4.98 Å². The summed E-state index contributed by atoms with van der Waals surface area (Å²) in [4.78, 5) is 31.0. The van der Waals surface area contributed by atoms with Crippen LogP contribution in [0.2, 0.25) is 0 Å². The fourth-order valence-corrected chi connectivity index (χ4v) is 2.74. The molecule has 3 rings (SSSR count). The van der Waals surface area contributed by atoms with Crippen molar-refractivity contribution in [1.29, 1.82) is 0 Å². The van der Waals surface area contributed by atoms with Gasteiger partial charge in [0, 0.05) is 37.9 Å². The molecule has 2 saturated heterocycles. The first-order valence-corrected chi connectivity index (χ1v) is 7.47. The molecular formula is C15H18LiN3O5. The van der Waals surface area contributed by atoms with E-state index >= 15 is 0 Å². The molecule has 0 bridgehead atoms. The fourth-order valence-electron chi connectivity index (χ4n) is 2.74. The molecule has 0 atom stereocenters. The summed E-state index contributed by atoms with van der Waals surface area (Å²) in [6, 6.07) is 1.50. The van der Waals surface area contributed by atoms with E-state index in [9.17, 15) is 14.7 Å². The Hall–Kier alpha value is -1.75. The standard InChI is InChI=1S/C15H19N3O5.Li/c1-22-13-12(6-10(7-16-13)15(20)21)17-2-4-18(5-3-17)14(19)11-8-23-9-11;/h6-7,11H,2-5,8-9H2,1H3,(H,20,21);/q;+1/p-1. The first-order chi connectivity index (χ1) is 11.1. The van der Waals surface area contributed by atoms with E-state index < -0.39 is 5.97 Å². The van der Waals surface area contributed by atoms with E-state index in [0.717, 1.165) is 0 Å². The number of ether oxygens (including phenoxy) is 2. The second kappa shape index (κ2) is 7.88.